The van der Waals surface area contributed by atoms with Gasteiger partial charge in [0, 0.05) is 24.2 Å². The maximum Gasteiger partial charge on any atom is 0.343 e. The average molecular weight is 416 g/mol. The van der Waals surface area contributed by atoms with Gasteiger partial charge in [0.05, 0.1) is 17.5 Å². The van der Waals surface area contributed by atoms with E-state index in [0.29, 0.717) is 18.0 Å². The fourth-order valence-corrected chi connectivity index (χ4v) is 5.56. The Morgan fingerprint density at radius 1 is 1.27 bits per heavy atom. The maximum absolute atomic E-state index is 15.0. The molecule has 0 spiro atoms. The van der Waals surface area contributed by atoms with Gasteiger partial charge in [-0.15, -0.1) is 0 Å². The Bertz CT molecular complexity index is 1070. The number of ether oxygens (including phenoxy) is 2. The number of fused-ring (bicyclic) bond motifs is 3. The molecule has 1 aromatic carbocycles. The fourth-order valence-electron chi connectivity index (χ4n) is 5.56. The Kier molecular flexibility index (Phi) is 4.94. The highest BCUT2D eigenvalue weighted by Crippen LogP contribution is 2.66. The van der Waals surface area contributed by atoms with Crippen molar-refractivity contribution in [2.75, 3.05) is 6.61 Å². The number of rotatable bonds is 5. The summed E-state index contributed by atoms with van der Waals surface area (Å²) in [6, 6.07) is 2.80. The van der Waals surface area contributed by atoms with E-state index >= 15 is 4.39 Å². The van der Waals surface area contributed by atoms with Crippen molar-refractivity contribution in [3.05, 3.63) is 39.9 Å². The normalized spacial score (nSPS) is 26.9. The summed E-state index contributed by atoms with van der Waals surface area (Å²) in [6.07, 6.45) is 4.47. The lowest BCUT2D eigenvalue weighted by Gasteiger charge is -2.38. The van der Waals surface area contributed by atoms with Gasteiger partial charge in [0.1, 0.15) is 11.7 Å². The molecule has 2 fully saturated rings. The van der Waals surface area contributed by atoms with E-state index in [1.807, 2.05) is 6.92 Å². The van der Waals surface area contributed by atoms with Crippen molar-refractivity contribution in [2.24, 2.45) is 16.7 Å². The molecule has 1 heterocycles. The number of hydrogen-bond acceptors (Lipinski definition) is 4. The summed E-state index contributed by atoms with van der Waals surface area (Å²) < 4.78 is 28.0. The van der Waals surface area contributed by atoms with Crippen LogP contribution in [0, 0.1) is 22.6 Å². The van der Waals surface area contributed by atoms with Gasteiger partial charge >= 0.3 is 5.97 Å². The van der Waals surface area contributed by atoms with Crippen LogP contribution in [0.15, 0.2) is 23.1 Å². The highest BCUT2D eigenvalue weighted by molar-refractivity contribution is 5.94. The predicted molar refractivity (Wildman–Crippen MR) is 113 cm³/mol. The SMILES string of the molecule is CCOC(=O)c1cn(CC)c2cc(F)c(OC3CC4CCC3(C)C4(C)C)cc2c1=O. The first kappa shape index (κ1) is 20.9. The third kappa shape index (κ3) is 2.87. The Morgan fingerprint density at radius 2 is 2.00 bits per heavy atom. The van der Waals surface area contributed by atoms with Crippen LogP contribution in [0.5, 0.6) is 5.75 Å². The van der Waals surface area contributed by atoms with E-state index in [0.717, 1.165) is 12.8 Å². The molecule has 2 aliphatic carbocycles. The third-order valence-corrected chi connectivity index (χ3v) is 7.95. The standard InChI is InChI=1S/C24H30FNO4/c1-6-26-13-16(22(28)29-7-2)21(27)15-11-19(17(25)12-18(15)26)30-20-10-14-8-9-24(20,5)23(14,3)4/h11-14,20H,6-10H2,1-5H3. The van der Waals surface area contributed by atoms with Crippen molar-refractivity contribution in [3.63, 3.8) is 0 Å². The summed E-state index contributed by atoms with van der Waals surface area (Å²) in [7, 11) is 0. The topological polar surface area (TPSA) is 57.5 Å². The molecule has 6 heteroatoms. The van der Waals surface area contributed by atoms with E-state index in [9.17, 15) is 9.59 Å². The van der Waals surface area contributed by atoms with Crippen LogP contribution in [-0.2, 0) is 11.3 Å². The molecule has 0 aliphatic heterocycles. The van der Waals surface area contributed by atoms with Gasteiger partial charge in [-0.25, -0.2) is 9.18 Å². The average Bonchev–Trinajstić information content (AvgIpc) is 3.03. The number of esters is 1. The first-order chi connectivity index (χ1) is 14.1. The zero-order valence-corrected chi connectivity index (χ0v) is 18.4. The van der Waals surface area contributed by atoms with Crippen molar-refractivity contribution in [1.82, 2.24) is 4.57 Å². The first-order valence-corrected chi connectivity index (χ1v) is 10.8. The Morgan fingerprint density at radius 3 is 2.57 bits per heavy atom. The lowest BCUT2D eigenvalue weighted by Crippen LogP contribution is -2.39. The molecule has 0 saturated heterocycles. The minimum Gasteiger partial charge on any atom is -0.487 e. The number of aromatic nitrogens is 1. The van der Waals surface area contributed by atoms with Gasteiger partial charge < -0.3 is 14.0 Å². The minimum atomic E-state index is -0.666. The van der Waals surface area contributed by atoms with Gasteiger partial charge in [0.15, 0.2) is 11.6 Å². The van der Waals surface area contributed by atoms with Crippen LogP contribution in [0.1, 0.15) is 64.2 Å². The van der Waals surface area contributed by atoms with E-state index < -0.39 is 17.2 Å². The Labute approximate surface area is 176 Å². The molecule has 2 saturated carbocycles. The Hall–Kier alpha value is -2.37. The van der Waals surface area contributed by atoms with Gasteiger partial charge in [0.2, 0.25) is 5.43 Å². The number of hydrogen-bond donors (Lipinski definition) is 0. The summed E-state index contributed by atoms with van der Waals surface area (Å²) in [6.45, 7) is 11.0. The maximum atomic E-state index is 15.0. The van der Waals surface area contributed by atoms with Crippen molar-refractivity contribution < 1.29 is 18.7 Å². The zero-order valence-electron chi connectivity index (χ0n) is 18.4. The Balaban J connectivity index is 1.79. The molecular weight excluding hydrogens is 385 g/mol. The second kappa shape index (κ2) is 7.10. The molecule has 2 bridgehead atoms. The van der Waals surface area contributed by atoms with Crippen molar-refractivity contribution in [2.45, 2.75) is 66.5 Å². The van der Waals surface area contributed by atoms with Gasteiger partial charge in [-0.2, -0.15) is 0 Å². The van der Waals surface area contributed by atoms with Gasteiger partial charge in [-0.3, -0.25) is 4.79 Å². The number of pyridine rings is 1. The minimum absolute atomic E-state index is 0.0323. The summed E-state index contributed by atoms with van der Waals surface area (Å²) in [5.74, 6) is -0.514. The molecule has 3 unspecified atom stereocenters. The molecule has 0 N–H and O–H groups in total. The lowest BCUT2D eigenvalue weighted by molar-refractivity contribution is 0.0279. The van der Waals surface area contributed by atoms with Gasteiger partial charge in [0.25, 0.3) is 0 Å². The summed E-state index contributed by atoms with van der Waals surface area (Å²) in [5.41, 5.74) is 0.0427. The number of aryl methyl sites for hydroxylation is 1. The molecule has 2 aliphatic rings. The summed E-state index contributed by atoms with van der Waals surface area (Å²) in [4.78, 5) is 25.3. The smallest absolute Gasteiger partial charge is 0.343 e. The number of nitrogens with zero attached hydrogens (tertiary/aromatic N) is 1. The van der Waals surface area contributed by atoms with Crippen LogP contribution in [0.25, 0.3) is 10.9 Å². The van der Waals surface area contributed by atoms with E-state index in [1.54, 1.807) is 11.5 Å². The zero-order chi connectivity index (χ0) is 21.8. The van der Waals surface area contributed by atoms with Crippen LogP contribution in [0.3, 0.4) is 0 Å². The second-order valence-electron chi connectivity index (χ2n) is 9.40. The molecule has 5 nitrogen and oxygen atoms in total. The molecule has 1 aromatic heterocycles. The van der Waals surface area contributed by atoms with Crippen LogP contribution < -0.4 is 10.2 Å². The number of benzene rings is 1. The molecule has 162 valence electrons. The van der Waals surface area contributed by atoms with Crippen molar-refractivity contribution >= 4 is 16.9 Å². The largest absolute Gasteiger partial charge is 0.487 e. The molecule has 3 atom stereocenters. The molecule has 30 heavy (non-hydrogen) atoms. The fraction of sp³-hybridized carbons (Fsp3) is 0.583. The van der Waals surface area contributed by atoms with E-state index in [4.69, 9.17) is 9.47 Å². The van der Waals surface area contributed by atoms with Crippen LogP contribution in [0.4, 0.5) is 4.39 Å². The third-order valence-electron chi connectivity index (χ3n) is 7.95. The molecular formula is C24H30FNO4. The van der Waals surface area contributed by atoms with E-state index in [1.165, 1.54) is 24.8 Å². The summed E-state index contributed by atoms with van der Waals surface area (Å²) >= 11 is 0. The van der Waals surface area contributed by atoms with Gasteiger partial charge in [-0.1, -0.05) is 20.8 Å². The lowest BCUT2D eigenvalue weighted by atomic mass is 9.70. The number of carbonyl (C=O) groups is 1. The molecule has 2 aromatic rings. The highest BCUT2D eigenvalue weighted by atomic mass is 19.1. The molecule has 0 amide bonds. The van der Waals surface area contributed by atoms with Crippen LogP contribution >= 0.6 is 0 Å². The monoisotopic (exact) mass is 415 g/mol. The summed E-state index contributed by atoms with van der Waals surface area (Å²) in [5, 5.41) is 0.270. The number of carbonyl (C=O) groups excluding carboxylic acids is 1. The van der Waals surface area contributed by atoms with Crippen molar-refractivity contribution in [3.8, 4) is 5.75 Å². The highest BCUT2D eigenvalue weighted by Gasteiger charge is 2.62. The van der Waals surface area contributed by atoms with Crippen LogP contribution in [-0.4, -0.2) is 23.2 Å². The predicted octanol–water partition coefficient (Wildman–Crippen LogP) is 4.93. The van der Waals surface area contributed by atoms with Crippen LogP contribution in [0.2, 0.25) is 0 Å². The molecule has 0 radical (unpaired) electrons. The molecule has 4 rings (SSSR count). The quantitative estimate of drug-likeness (QED) is 0.650. The van der Waals surface area contributed by atoms with Crippen molar-refractivity contribution in [1.29, 1.82) is 0 Å². The van der Waals surface area contributed by atoms with E-state index in [2.05, 4.69) is 20.8 Å². The first-order valence-electron chi connectivity index (χ1n) is 10.8. The number of halogens is 1. The second-order valence-corrected chi connectivity index (χ2v) is 9.40. The van der Waals surface area contributed by atoms with E-state index in [-0.39, 0.29) is 40.2 Å². The van der Waals surface area contributed by atoms with Gasteiger partial charge in [-0.05, 0) is 50.5 Å².